The van der Waals surface area contributed by atoms with Crippen LogP contribution < -0.4 is 17.0 Å². The van der Waals surface area contributed by atoms with E-state index in [4.69, 9.17) is 5.73 Å². The average Bonchev–Trinajstić information content (AvgIpc) is 3.24. The Labute approximate surface area is 116 Å². The number of hydrogen-bond acceptors (Lipinski definition) is 4. The molecule has 0 radical (unpaired) electrons. The molecular weight excluding hydrogens is 260 g/mol. The van der Waals surface area contributed by atoms with Crippen molar-refractivity contribution < 1.29 is 4.79 Å². The Morgan fingerprint density at radius 3 is 2.65 bits per heavy atom. The molecule has 1 amide bonds. The first-order valence-corrected chi connectivity index (χ1v) is 6.81. The topological polar surface area (TPSA) is 90.3 Å². The van der Waals surface area contributed by atoms with E-state index >= 15 is 0 Å². The van der Waals surface area contributed by atoms with E-state index in [2.05, 4.69) is 0 Å². The molecule has 0 bridgehead atoms. The smallest absolute Gasteiger partial charge is 0.331 e. The summed E-state index contributed by atoms with van der Waals surface area (Å²) < 4.78 is 2.30. The molecule has 2 rings (SSSR count). The summed E-state index contributed by atoms with van der Waals surface area (Å²) in [5.41, 5.74) is 4.53. The lowest BCUT2D eigenvalue weighted by Crippen LogP contribution is -2.45. The fourth-order valence-corrected chi connectivity index (χ4v) is 2.13. The third-order valence-electron chi connectivity index (χ3n) is 3.51. The maximum Gasteiger partial charge on any atom is 0.331 e. The maximum absolute atomic E-state index is 12.2. The lowest BCUT2D eigenvalue weighted by atomic mass is 10.4. The molecule has 1 aromatic rings. The normalized spacial score (nSPS) is 14.3. The van der Waals surface area contributed by atoms with E-state index in [-0.39, 0.29) is 24.2 Å². The lowest BCUT2D eigenvalue weighted by Gasteiger charge is -2.17. The highest BCUT2D eigenvalue weighted by atomic mass is 16.2. The first kappa shape index (κ1) is 14.4. The van der Waals surface area contributed by atoms with E-state index in [1.807, 2.05) is 6.92 Å². The van der Waals surface area contributed by atoms with Crippen molar-refractivity contribution in [1.82, 2.24) is 14.0 Å². The van der Waals surface area contributed by atoms with E-state index in [9.17, 15) is 14.4 Å². The third kappa shape index (κ3) is 2.76. The van der Waals surface area contributed by atoms with Crippen molar-refractivity contribution in [3.05, 3.63) is 27.0 Å². The van der Waals surface area contributed by atoms with Crippen LogP contribution in [0.25, 0.3) is 0 Å². The minimum Gasteiger partial charge on any atom is -0.393 e. The maximum atomic E-state index is 12.2. The predicted octanol–water partition coefficient (Wildman–Crippen LogP) is -0.377. The minimum absolute atomic E-state index is 0.0140. The molecule has 0 unspecified atom stereocenters. The molecule has 0 spiro atoms. The van der Waals surface area contributed by atoms with Gasteiger partial charge in [0.1, 0.15) is 12.2 Å². The molecule has 110 valence electrons. The van der Waals surface area contributed by atoms with Crippen LogP contribution in [0.2, 0.25) is 0 Å². The first-order valence-electron chi connectivity index (χ1n) is 6.81. The van der Waals surface area contributed by atoms with Gasteiger partial charge in [-0.05, 0) is 19.3 Å². The number of amides is 1. The fourth-order valence-electron chi connectivity index (χ4n) is 2.13. The van der Waals surface area contributed by atoms with Crippen LogP contribution in [0, 0.1) is 0 Å². The molecule has 7 nitrogen and oxygen atoms in total. The molecule has 1 heterocycles. The van der Waals surface area contributed by atoms with Gasteiger partial charge in [0.2, 0.25) is 5.91 Å². The van der Waals surface area contributed by atoms with E-state index in [0.29, 0.717) is 6.54 Å². The molecule has 7 heteroatoms. The van der Waals surface area contributed by atoms with E-state index < -0.39 is 11.2 Å². The van der Waals surface area contributed by atoms with Crippen molar-refractivity contribution in [1.29, 1.82) is 0 Å². The van der Waals surface area contributed by atoms with Crippen LogP contribution in [-0.4, -0.2) is 33.0 Å². The zero-order valence-corrected chi connectivity index (χ0v) is 11.8. The number of nitrogen functional groups attached to an aromatic ring is 1. The Hall–Kier alpha value is -2.05. The second-order valence-corrected chi connectivity index (χ2v) is 5.19. The number of carbonyl (C=O) groups is 1. The van der Waals surface area contributed by atoms with Gasteiger partial charge in [-0.2, -0.15) is 0 Å². The highest BCUT2D eigenvalue weighted by Gasteiger charge is 2.30. The predicted molar refractivity (Wildman–Crippen MR) is 75.5 cm³/mol. The summed E-state index contributed by atoms with van der Waals surface area (Å²) >= 11 is 0. The summed E-state index contributed by atoms with van der Waals surface area (Å²) in [6, 6.07) is 0.247. The Bertz CT molecular complexity index is 627. The van der Waals surface area contributed by atoms with Gasteiger partial charge >= 0.3 is 5.69 Å². The van der Waals surface area contributed by atoms with Crippen molar-refractivity contribution in [2.24, 2.45) is 0 Å². The number of aryl methyl sites for hydroxylation is 1. The van der Waals surface area contributed by atoms with Gasteiger partial charge in [0, 0.05) is 25.8 Å². The number of rotatable bonds is 5. The Kier molecular flexibility index (Phi) is 3.96. The number of nitrogens with zero attached hydrogens (tertiary/aromatic N) is 3. The first-order chi connectivity index (χ1) is 9.45. The molecule has 0 saturated heterocycles. The summed E-state index contributed by atoms with van der Waals surface area (Å²) in [6.45, 7) is 2.14. The third-order valence-corrected chi connectivity index (χ3v) is 3.51. The average molecular weight is 280 g/mol. The Balaban J connectivity index is 2.32. The lowest BCUT2D eigenvalue weighted by molar-refractivity contribution is -0.131. The van der Waals surface area contributed by atoms with Crippen molar-refractivity contribution in [2.45, 2.75) is 45.3 Å². The molecule has 1 aliphatic rings. The number of likely N-dealkylation sites (N-methyl/N-ethyl adjacent to an activating group) is 1. The molecule has 1 aromatic heterocycles. The van der Waals surface area contributed by atoms with Gasteiger partial charge in [-0.25, -0.2) is 9.36 Å². The van der Waals surface area contributed by atoms with Gasteiger partial charge < -0.3 is 10.6 Å². The number of aromatic nitrogens is 2. The molecule has 1 saturated carbocycles. The monoisotopic (exact) mass is 280 g/mol. The van der Waals surface area contributed by atoms with Crippen LogP contribution in [0.3, 0.4) is 0 Å². The van der Waals surface area contributed by atoms with Gasteiger partial charge in [0.15, 0.2) is 0 Å². The fraction of sp³-hybridized carbons (Fsp3) is 0.615. The van der Waals surface area contributed by atoms with Crippen LogP contribution in [0.1, 0.15) is 26.2 Å². The van der Waals surface area contributed by atoms with E-state index in [0.717, 1.165) is 23.8 Å². The molecule has 0 aromatic carbocycles. The van der Waals surface area contributed by atoms with Gasteiger partial charge in [-0.1, -0.05) is 6.92 Å². The molecule has 0 aliphatic heterocycles. The quantitative estimate of drug-likeness (QED) is 0.796. The molecule has 1 fully saturated rings. The summed E-state index contributed by atoms with van der Waals surface area (Å²) in [5, 5.41) is 0. The van der Waals surface area contributed by atoms with Crippen LogP contribution in [-0.2, 0) is 17.9 Å². The van der Waals surface area contributed by atoms with Crippen LogP contribution >= 0.6 is 0 Å². The summed E-state index contributed by atoms with van der Waals surface area (Å²) in [5.74, 6) is -0.236. The Morgan fingerprint density at radius 2 is 2.10 bits per heavy atom. The second kappa shape index (κ2) is 5.52. The summed E-state index contributed by atoms with van der Waals surface area (Å²) in [4.78, 5) is 37.8. The minimum atomic E-state index is -0.597. The van der Waals surface area contributed by atoms with Gasteiger partial charge in [-0.15, -0.1) is 0 Å². The van der Waals surface area contributed by atoms with Crippen molar-refractivity contribution in [3.63, 3.8) is 0 Å². The van der Waals surface area contributed by atoms with Gasteiger partial charge in [-0.3, -0.25) is 14.2 Å². The SMILES string of the molecule is CCCn1cc(N)c(=O)n(CC(=O)N(C)C2CC2)c1=O. The van der Waals surface area contributed by atoms with Crippen LogP contribution in [0.4, 0.5) is 5.69 Å². The van der Waals surface area contributed by atoms with Crippen LogP contribution in [0.5, 0.6) is 0 Å². The largest absolute Gasteiger partial charge is 0.393 e. The zero-order valence-electron chi connectivity index (χ0n) is 11.8. The summed E-state index contributed by atoms with van der Waals surface area (Å²) in [6.07, 6.45) is 4.05. The number of hydrogen-bond donors (Lipinski definition) is 1. The van der Waals surface area contributed by atoms with Crippen molar-refractivity contribution in [3.8, 4) is 0 Å². The molecule has 2 N–H and O–H groups in total. The standard InChI is InChI=1S/C13H20N4O3/c1-3-6-16-7-10(14)12(19)17(13(16)20)8-11(18)15(2)9-4-5-9/h7,9H,3-6,8,14H2,1-2H3. The van der Waals surface area contributed by atoms with Gasteiger partial charge in [0.05, 0.1) is 0 Å². The zero-order chi connectivity index (χ0) is 14.9. The second-order valence-electron chi connectivity index (χ2n) is 5.19. The number of anilines is 1. The highest BCUT2D eigenvalue weighted by Crippen LogP contribution is 2.25. The van der Waals surface area contributed by atoms with E-state index in [1.165, 1.54) is 10.8 Å². The van der Waals surface area contributed by atoms with Gasteiger partial charge in [0.25, 0.3) is 5.56 Å². The van der Waals surface area contributed by atoms with E-state index in [1.54, 1.807) is 11.9 Å². The molecule has 0 atom stereocenters. The van der Waals surface area contributed by atoms with Crippen molar-refractivity contribution in [2.75, 3.05) is 12.8 Å². The summed E-state index contributed by atoms with van der Waals surface area (Å²) in [7, 11) is 1.70. The molecular formula is C13H20N4O3. The van der Waals surface area contributed by atoms with Crippen molar-refractivity contribution >= 4 is 11.6 Å². The number of nitrogens with two attached hydrogens (primary N) is 1. The highest BCUT2D eigenvalue weighted by molar-refractivity contribution is 5.76. The number of carbonyl (C=O) groups excluding carboxylic acids is 1. The molecule has 1 aliphatic carbocycles. The molecule has 20 heavy (non-hydrogen) atoms. The van der Waals surface area contributed by atoms with Crippen LogP contribution in [0.15, 0.2) is 15.8 Å². The Morgan fingerprint density at radius 1 is 1.45 bits per heavy atom.